The SMILES string of the molecule is CCCC(C(=O)O)(C1CCCCC1)[SiH](C)C. The van der Waals surface area contributed by atoms with E-state index in [0.717, 1.165) is 25.7 Å². The van der Waals surface area contributed by atoms with Gasteiger partial charge in [-0.15, -0.1) is 0 Å². The molecule has 0 heterocycles. The van der Waals surface area contributed by atoms with Crippen LogP contribution < -0.4 is 0 Å². The minimum atomic E-state index is -1.17. The first-order valence-electron chi connectivity index (χ1n) is 6.79. The van der Waals surface area contributed by atoms with Crippen LogP contribution in [0, 0.1) is 5.92 Å². The van der Waals surface area contributed by atoms with E-state index in [1.807, 2.05) is 0 Å². The third kappa shape index (κ3) is 2.50. The Morgan fingerprint density at radius 1 is 1.31 bits per heavy atom. The fourth-order valence-electron chi connectivity index (χ4n) is 3.52. The highest BCUT2D eigenvalue weighted by Crippen LogP contribution is 2.50. The molecule has 0 amide bonds. The number of carboxylic acids is 1. The summed E-state index contributed by atoms with van der Waals surface area (Å²) in [6.45, 7) is 6.56. The van der Waals surface area contributed by atoms with Crippen molar-refractivity contribution in [2.45, 2.75) is 70.0 Å². The molecule has 0 bridgehead atoms. The Morgan fingerprint density at radius 2 is 1.88 bits per heavy atom. The molecule has 3 heteroatoms. The number of hydrogen-bond donors (Lipinski definition) is 1. The molecule has 0 spiro atoms. The Kier molecular flexibility index (Phi) is 5.03. The highest BCUT2D eigenvalue weighted by Gasteiger charge is 2.47. The van der Waals surface area contributed by atoms with Crippen LogP contribution in [0.3, 0.4) is 0 Å². The third-order valence-corrected chi connectivity index (χ3v) is 7.49. The van der Waals surface area contributed by atoms with Crippen molar-refractivity contribution in [2.24, 2.45) is 5.92 Å². The molecule has 0 radical (unpaired) electrons. The molecule has 0 aromatic rings. The fraction of sp³-hybridized carbons (Fsp3) is 0.923. The Labute approximate surface area is 101 Å². The zero-order valence-corrected chi connectivity index (χ0v) is 12.1. The molecule has 1 aliphatic carbocycles. The lowest BCUT2D eigenvalue weighted by Crippen LogP contribution is -2.42. The molecule has 1 saturated carbocycles. The maximum absolute atomic E-state index is 11.8. The zero-order valence-electron chi connectivity index (χ0n) is 11.0. The van der Waals surface area contributed by atoms with Gasteiger partial charge < -0.3 is 5.11 Å². The van der Waals surface area contributed by atoms with Crippen LogP contribution in [0.2, 0.25) is 18.1 Å². The molecule has 0 saturated heterocycles. The fourth-order valence-corrected chi connectivity index (χ4v) is 6.16. The molecular weight excluding hydrogens is 216 g/mol. The number of rotatable bonds is 5. The molecule has 0 aromatic heterocycles. The molecule has 0 aliphatic heterocycles. The van der Waals surface area contributed by atoms with E-state index in [-0.39, 0.29) is 5.04 Å². The summed E-state index contributed by atoms with van der Waals surface area (Å²) in [4.78, 5) is 11.8. The van der Waals surface area contributed by atoms with Gasteiger partial charge >= 0.3 is 5.97 Å². The van der Waals surface area contributed by atoms with Crippen molar-refractivity contribution in [2.75, 3.05) is 0 Å². The predicted molar refractivity (Wildman–Crippen MR) is 70.7 cm³/mol. The second-order valence-electron chi connectivity index (χ2n) is 5.59. The van der Waals surface area contributed by atoms with Crippen molar-refractivity contribution >= 4 is 14.8 Å². The number of aliphatic carboxylic acids is 1. The van der Waals surface area contributed by atoms with Crippen LogP contribution >= 0.6 is 0 Å². The zero-order chi connectivity index (χ0) is 12.2. The average molecular weight is 242 g/mol. The van der Waals surface area contributed by atoms with Crippen molar-refractivity contribution < 1.29 is 9.90 Å². The summed E-state index contributed by atoms with van der Waals surface area (Å²) >= 11 is 0. The van der Waals surface area contributed by atoms with Crippen molar-refractivity contribution in [3.63, 3.8) is 0 Å². The number of carbonyl (C=O) groups is 1. The summed E-state index contributed by atoms with van der Waals surface area (Å²) in [5.41, 5.74) is 0. The lowest BCUT2D eigenvalue weighted by molar-refractivity contribution is -0.143. The lowest BCUT2D eigenvalue weighted by Gasteiger charge is -2.42. The molecular formula is C13H26O2Si. The van der Waals surface area contributed by atoms with Crippen LogP contribution in [-0.2, 0) is 4.79 Å². The first-order valence-corrected chi connectivity index (χ1v) is 9.67. The van der Waals surface area contributed by atoms with E-state index in [4.69, 9.17) is 0 Å². The third-order valence-electron chi connectivity index (χ3n) is 4.43. The first kappa shape index (κ1) is 13.8. The maximum atomic E-state index is 11.8. The van der Waals surface area contributed by atoms with Gasteiger partial charge in [-0.25, -0.2) is 0 Å². The topological polar surface area (TPSA) is 37.3 Å². The Bertz CT molecular complexity index is 234. The molecule has 0 aromatic carbocycles. The summed E-state index contributed by atoms with van der Waals surface area (Å²) in [6.07, 6.45) is 7.99. The van der Waals surface area contributed by atoms with Crippen molar-refractivity contribution in [1.82, 2.24) is 0 Å². The molecule has 1 atom stereocenters. The van der Waals surface area contributed by atoms with Crippen molar-refractivity contribution in [3.05, 3.63) is 0 Å². The van der Waals surface area contributed by atoms with Crippen LogP contribution in [0.25, 0.3) is 0 Å². The van der Waals surface area contributed by atoms with E-state index >= 15 is 0 Å². The van der Waals surface area contributed by atoms with E-state index in [1.54, 1.807) is 0 Å². The van der Waals surface area contributed by atoms with Crippen LogP contribution in [-0.4, -0.2) is 19.9 Å². The van der Waals surface area contributed by atoms with Gasteiger partial charge in [0.1, 0.15) is 0 Å². The average Bonchev–Trinajstić information content (AvgIpc) is 2.26. The van der Waals surface area contributed by atoms with Gasteiger partial charge in [0.25, 0.3) is 0 Å². The summed E-state index contributed by atoms with van der Waals surface area (Å²) in [6, 6.07) is 0. The van der Waals surface area contributed by atoms with Gasteiger partial charge in [0, 0.05) is 0 Å². The second kappa shape index (κ2) is 5.85. The number of hydrogen-bond acceptors (Lipinski definition) is 1. The van der Waals surface area contributed by atoms with Gasteiger partial charge in [0.05, 0.1) is 13.8 Å². The van der Waals surface area contributed by atoms with Crippen molar-refractivity contribution in [3.8, 4) is 0 Å². The highest BCUT2D eigenvalue weighted by molar-refractivity contribution is 6.64. The molecule has 16 heavy (non-hydrogen) atoms. The van der Waals surface area contributed by atoms with E-state index in [0.29, 0.717) is 5.92 Å². The molecule has 1 rings (SSSR count). The first-order chi connectivity index (χ1) is 7.55. The monoisotopic (exact) mass is 242 g/mol. The van der Waals surface area contributed by atoms with Gasteiger partial charge in [0.15, 0.2) is 0 Å². The molecule has 1 N–H and O–H groups in total. The van der Waals surface area contributed by atoms with Gasteiger partial charge in [-0.1, -0.05) is 45.7 Å². The number of carboxylic acid groups (broad SMARTS) is 1. The summed E-state index contributed by atoms with van der Waals surface area (Å²) in [5.74, 6) is -0.0340. The normalized spacial score (nSPS) is 22.0. The summed E-state index contributed by atoms with van der Waals surface area (Å²) < 4.78 is 0. The van der Waals surface area contributed by atoms with Gasteiger partial charge in [0.2, 0.25) is 0 Å². The molecule has 94 valence electrons. The summed E-state index contributed by atoms with van der Waals surface area (Å²) in [7, 11) is -1.17. The van der Waals surface area contributed by atoms with Crippen LogP contribution in [0.5, 0.6) is 0 Å². The second-order valence-corrected chi connectivity index (χ2v) is 8.92. The predicted octanol–water partition coefficient (Wildman–Crippen LogP) is 3.68. The molecule has 1 unspecified atom stereocenters. The van der Waals surface area contributed by atoms with Crippen molar-refractivity contribution in [1.29, 1.82) is 0 Å². The molecule has 1 fully saturated rings. The van der Waals surface area contributed by atoms with Crippen LogP contribution in [0.15, 0.2) is 0 Å². The smallest absolute Gasteiger partial charge is 0.306 e. The lowest BCUT2D eigenvalue weighted by atomic mass is 9.77. The summed E-state index contributed by atoms with van der Waals surface area (Å²) in [5, 5.41) is 9.39. The van der Waals surface area contributed by atoms with E-state index in [1.165, 1.54) is 19.3 Å². The molecule has 1 aliphatic rings. The van der Waals surface area contributed by atoms with Crippen LogP contribution in [0.1, 0.15) is 51.9 Å². The van der Waals surface area contributed by atoms with Crippen LogP contribution in [0.4, 0.5) is 0 Å². The minimum absolute atomic E-state index is 0.324. The van der Waals surface area contributed by atoms with E-state index in [2.05, 4.69) is 20.0 Å². The molecule has 2 nitrogen and oxygen atoms in total. The Hall–Kier alpha value is -0.313. The van der Waals surface area contributed by atoms with Gasteiger partial charge in [-0.2, -0.15) is 0 Å². The van der Waals surface area contributed by atoms with E-state index in [9.17, 15) is 9.90 Å². The maximum Gasteiger partial charge on any atom is 0.306 e. The Balaban J connectivity index is 2.93. The van der Waals surface area contributed by atoms with E-state index < -0.39 is 14.8 Å². The largest absolute Gasteiger partial charge is 0.481 e. The minimum Gasteiger partial charge on any atom is -0.481 e. The highest BCUT2D eigenvalue weighted by atomic mass is 28.3. The van der Waals surface area contributed by atoms with Gasteiger partial charge in [-0.05, 0) is 25.2 Å². The standard InChI is InChI=1S/C13H26O2Si/c1-4-10-13(12(14)15,16(2)3)11-8-6-5-7-9-11/h11,16H,4-10H2,1-3H3,(H,14,15). The quantitative estimate of drug-likeness (QED) is 0.747. The van der Waals surface area contributed by atoms with Gasteiger partial charge in [-0.3, -0.25) is 4.79 Å². The Morgan fingerprint density at radius 3 is 2.25 bits per heavy atom.